The summed E-state index contributed by atoms with van der Waals surface area (Å²) in [5.41, 5.74) is 1.81. The van der Waals surface area contributed by atoms with Crippen LogP contribution in [-0.2, 0) is 42.7 Å². The zero-order chi connectivity index (χ0) is 43.7. The number of rotatable bonds is 9. The molecule has 0 amide bonds. The van der Waals surface area contributed by atoms with Crippen LogP contribution in [0.4, 0.5) is 0 Å². The molecule has 13 atom stereocenters. The lowest BCUT2D eigenvalue weighted by molar-refractivity contribution is -0.321. The number of aromatic hydroxyl groups is 3. The van der Waals surface area contributed by atoms with E-state index in [4.69, 9.17) is 38.9 Å². The van der Waals surface area contributed by atoms with Crippen LogP contribution in [0.25, 0.3) is 0 Å². The van der Waals surface area contributed by atoms with Gasteiger partial charge in [0, 0.05) is 48.1 Å². The molecule has 7 N–H and O–H groups in total. The number of fused-ring (bicyclic) bond motifs is 3. The minimum atomic E-state index is -1.94. The van der Waals surface area contributed by atoms with Crippen molar-refractivity contribution in [3.63, 3.8) is 0 Å². The molecule has 2 fully saturated rings. The van der Waals surface area contributed by atoms with E-state index in [0.717, 1.165) is 7.11 Å². The molecule has 0 spiro atoms. The number of nitrogens with zero attached hydrogens (tertiary/aromatic N) is 1. The van der Waals surface area contributed by atoms with E-state index in [1.54, 1.807) is 27.7 Å². The van der Waals surface area contributed by atoms with Crippen molar-refractivity contribution in [2.75, 3.05) is 21.2 Å². The summed E-state index contributed by atoms with van der Waals surface area (Å²) in [7, 11) is 4.75. The summed E-state index contributed by atoms with van der Waals surface area (Å²) in [6.07, 6.45) is -8.04. The molecule has 2 aromatic rings. The van der Waals surface area contributed by atoms with Gasteiger partial charge < -0.3 is 69.3 Å². The van der Waals surface area contributed by atoms with Gasteiger partial charge in [-0.2, -0.15) is 0 Å². The molecule has 326 valence electrons. The topological polar surface area (TPSA) is 263 Å². The van der Waals surface area contributed by atoms with Crippen molar-refractivity contribution in [1.29, 1.82) is 0 Å². The molecular formula is C42H52N2O16. The number of benzene rings is 2. The Balaban J connectivity index is 1.16. The number of hydrogen-bond acceptors (Lipinski definition) is 18. The van der Waals surface area contributed by atoms with Gasteiger partial charge in [-0.1, -0.05) is 19.1 Å². The second-order valence-electron chi connectivity index (χ2n) is 16.3. The number of methoxy groups -OCH3 is 1. The number of esters is 1. The predicted molar refractivity (Wildman–Crippen MR) is 206 cm³/mol. The molecule has 5 aliphatic rings. The highest BCUT2D eigenvalue weighted by molar-refractivity contribution is 6.31. The van der Waals surface area contributed by atoms with Gasteiger partial charge in [-0.05, 0) is 47.4 Å². The summed E-state index contributed by atoms with van der Waals surface area (Å²) in [5, 5.41) is 57.9. The normalized spacial score (nSPS) is 35.4. The van der Waals surface area contributed by atoms with Crippen molar-refractivity contribution in [1.82, 2.24) is 4.90 Å². The van der Waals surface area contributed by atoms with Crippen molar-refractivity contribution >= 4 is 23.3 Å². The molecule has 2 aromatic carbocycles. The largest absolute Gasteiger partial charge is 0.507 e. The SMILES string of the molecule is CC[C@@]1(O)C[C@H](O[C@H]2C[C@@H](N(C)C)[C@H](O[C@@H]3C[C@H](O)[C@@H](O[C@H]4O[C@H](C)C(=O)C=C4N)[C@@H](C)O3)[C@@H](C)O2)c2c(O)c3c(c(O)c2[C@H]1C(=O)OC)C(=O)c1cccc(O)c1C3=O. The Labute approximate surface area is 345 Å². The Bertz CT molecular complexity index is 2090. The van der Waals surface area contributed by atoms with Crippen molar-refractivity contribution < 1.29 is 77.9 Å². The molecule has 18 nitrogen and oxygen atoms in total. The number of nitrogens with two attached hydrogens (primary N) is 1. The van der Waals surface area contributed by atoms with Crippen LogP contribution in [0.3, 0.4) is 0 Å². The van der Waals surface area contributed by atoms with Gasteiger partial charge in [0.15, 0.2) is 30.4 Å². The average Bonchev–Trinajstić information content (AvgIpc) is 3.18. The summed E-state index contributed by atoms with van der Waals surface area (Å²) in [5.74, 6) is -6.79. The lowest BCUT2D eigenvalue weighted by Crippen LogP contribution is -2.58. The summed E-state index contributed by atoms with van der Waals surface area (Å²) < 4.78 is 42.2. The highest BCUT2D eigenvalue weighted by Gasteiger charge is 2.55. The zero-order valence-electron chi connectivity index (χ0n) is 34.3. The quantitative estimate of drug-likeness (QED) is 0.133. The third kappa shape index (κ3) is 7.36. The maximum atomic E-state index is 14.0. The molecule has 0 unspecified atom stereocenters. The Morgan fingerprint density at radius 1 is 0.883 bits per heavy atom. The molecule has 0 aromatic heterocycles. The molecule has 60 heavy (non-hydrogen) atoms. The van der Waals surface area contributed by atoms with Crippen LogP contribution in [0.5, 0.6) is 17.2 Å². The van der Waals surface area contributed by atoms with E-state index in [9.17, 15) is 44.7 Å². The number of likely N-dealkylation sites (N-methyl/N-ethyl adjacent to an activating group) is 1. The third-order valence-electron chi connectivity index (χ3n) is 12.4. The van der Waals surface area contributed by atoms with Crippen LogP contribution in [0.2, 0.25) is 0 Å². The van der Waals surface area contributed by atoms with E-state index < -0.39 is 125 Å². The van der Waals surface area contributed by atoms with Gasteiger partial charge in [0.25, 0.3) is 0 Å². The highest BCUT2D eigenvalue weighted by atomic mass is 16.7. The highest BCUT2D eigenvalue weighted by Crippen LogP contribution is 2.57. The number of hydrogen-bond donors (Lipinski definition) is 6. The van der Waals surface area contributed by atoms with Crippen molar-refractivity contribution in [2.24, 2.45) is 5.73 Å². The summed E-state index contributed by atoms with van der Waals surface area (Å²) >= 11 is 0. The first-order valence-electron chi connectivity index (χ1n) is 19.9. The molecule has 3 aliphatic heterocycles. The van der Waals surface area contributed by atoms with E-state index in [0.29, 0.717) is 0 Å². The Kier molecular flexibility index (Phi) is 11.9. The molecule has 3 heterocycles. The summed E-state index contributed by atoms with van der Waals surface area (Å²) in [6, 6.07) is 3.45. The third-order valence-corrected chi connectivity index (χ3v) is 12.4. The second kappa shape index (κ2) is 16.4. The van der Waals surface area contributed by atoms with E-state index >= 15 is 0 Å². The monoisotopic (exact) mass is 840 g/mol. The minimum absolute atomic E-state index is 0.00944. The first-order chi connectivity index (χ1) is 28.3. The van der Waals surface area contributed by atoms with Gasteiger partial charge in [-0.25, -0.2) is 0 Å². The zero-order valence-corrected chi connectivity index (χ0v) is 34.3. The van der Waals surface area contributed by atoms with E-state index in [2.05, 4.69) is 0 Å². The number of ketones is 3. The lowest BCUT2D eigenvalue weighted by atomic mass is 9.66. The van der Waals surface area contributed by atoms with Gasteiger partial charge in [0.2, 0.25) is 5.78 Å². The van der Waals surface area contributed by atoms with Crippen molar-refractivity contribution in [3.05, 3.63) is 63.4 Å². The summed E-state index contributed by atoms with van der Waals surface area (Å²) in [6.45, 7) is 6.64. The van der Waals surface area contributed by atoms with Crippen LogP contribution >= 0.6 is 0 Å². The van der Waals surface area contributed by atoms with Crippen LogP contribution in [-0.4, -0.2) is 142 Å². The Morgan fingerprint density at radius 2 is 1.52 bits per heavy atom. The number of aliphatic hydroxyl groups excluding tert-OH is 1. The number of carbonyl (C=O) groups is 4. The van der Waals surface area contributed by atoms with Gasteiger partial charge >= 0.3 is 5.97 Å². The number of aliphatic hydroxyl groups is 2. The Morgan fingerprint density at radius 3 is 2.15 bits per heavy atom. The van der Waals surface area contributed by atoms with Gasteiger partial charge in [0.1, 0.15) is 41.5 Å². The Hall–Kier alpha value is -4.50. The number of phenolic OH excluding ortho intramolecular Hbond substituents is 3. The first-order valence-corrected chi connectivity index (χ1v) is 19.9. The average molecular weight is 841 g/mol. The van der Waals surface area contributed by atoms with Crippen LogP contribution < -0.4 is 5.73 Å². The smallest absolute Gasteiger partial charge is 0.316 e. The molecule has 7 rings (SSSR count). The van der Waals surface area contributed by atoms with Crippen molar-refractivity contribution in [3.8, 4) is 17.2 Å². The van der Waals surface area contributed by atoms with E-state index in [1.807, 2.05) is 19.0 Å². The minimum Gasteiger partial charge on any atom is -0.507 e. The van der Waals surface area contributed by atoms with E-state index in [1.165, 1.54) is 24.3 Å². The number of phenols is 3. The molecule has 0 bridgehead atoms. The lowest BCUT2D eigenvalue weighted by Gasteiger charge is -2.48. The van der Waals surface area contributed by atoms with Crippen LogP contribution in [0.1, 0.15) is 108 Å². The van der Waals surface area contributed by atoms with Crippen LogP contribution in [0.15, 0.2) is 30.0 Å². The van der Waals surface area contributed by atoms with Gasteiger partial charge in [0.05, 0.1) is 59.5 Å². The molecule has 18 heteroatoms. The second-order valence-corrected chi connectivity index (χ2v) is 16.3. The van der Waals surface area contributed by atoms with Gasteiger partial charge in [-0.15, -0.1) is 0 Å². The fraction of sp³-hybridized carbons (Fsp3) is 0.571. The maximum absolute atomic E-state index is 14.0. The molecule has 0 radical (unpaired) electrons. The fourth-order valence-corrected chi connectivity index (χ4v) is 9.19. The maximum Gasteiger partial charge on any atom is 0.316 e. The molecule has 2 saturated heterocycles. The molecule has 0 saturated carbocycles. The first kappa shape index (κ1) is 43.6. The van der Waals surface area contributed by atoms with Crippen LogP contribution in [0, 0.1) is 0 Å². The van der Waals surface area contributed by atoms with Crippen molar-refractivity contribution in [2.45, 2.75) is 133 Å². The molecular weight excluding hydrogens is 788 g/mol. The van der Waals surface area contributed by atoms with Gasteiger partial charge in [-0.3, -0.25) is 19.2 Å². The number of ether oxygens (including phenoxy) is 7. The van der Waals surface area contributed by atoms with E-state index in [-0.39, 0.29) is 59.4 Å². The summed E-state index contributed by atoms with van der Waals surface area (Å²) in [4.78, 5) is 55.2. The number of carbonyl (C=O) groups excluding carboxylic acids is 4. The molecule has 2 aliphatic carbocycles. The predicted octanol–water partition coefficient (Wildman–Crippen LogP) is 1.93. The fourth-order valence-electron chi connectivity index (χ4n) is 9.19. The standard InChI is InChI=1S/C42H52N2O16/c1-8-42(53)15-25(29-30(33(42)40(52)54-7)37(51)31-32(36(29)50)35(49)28-19(34(31)48)10-9-11-22(28)45)58-26-13-21(44(5)6)38(17(3)55-26)59-27-14-24(47)39(18(4)56-27)60-41-20(43)12-23(46)16(2)57-41/h9-12,16-18,21,24-27,33,38-39,41,45,47,50-51,53H,8,13-15,43H2,1-7H3/t16-,17-,18-,21-,24+,25+,26+,27-,33+,38-,39+,41-,42-/m1/s1.